The van der Waals surface area contributed by atoms with E-state index in [1.54, 1.807) is 0 Å². The van der Waals surface area contributed by atoms with Crippen LogP contribution in [0.15, 0.2) is 4.99 Å². The van der Waals surface area contributed by atoms with Gasteiger partial charge >= 0.3 is 0 Å². The van der Waals surface area contributed by atoms with E-state index in [9.17, 15) is 0 Å². The average molecular weight is 223 g/mol. The van der Waals surface area contributed by atoms with Gasteiger partial charge in [0.1, 0.15) is 0 Å². The van der Waals surface area contributed by atoms with Gasteiger partial charge in [0.05, 0.1) is 6.04 Å². The lowest BCUT2D eigenvalue weighted by Gasteiger charge is -2.40. The lowest BCUT2D eigenvalue weighted by Crippen LogP contribution is -2.51. The van der Waals surface area contributed by atoms with E-state index in [1.165, 1.54) is 44.9 Å². The predicted octanol–water partition coefficient (Wildman–Crippen LogP) is 2.51. The van der Waals surface area contributed by atoms with Crippen molar-refractivity contribution in [2.24, 2.45) is 10.7 Å². The minimum Gasteiger partial charge on any atom is -0.370 e. The van der Waals surface area contributed by atoms with Gasteiger partial charge in [-0.25, -0.2) is 4.99 Å². The van der Waals surface area contributed by atoms with E-state index in [0.29, 0.717) is 18.1 Å². The maximum Gasteiger partial charge on any atom is 0.192 e. The van der Waals surface area contributed by atoms with Gasteiger partial charge in [0.2, 0.25) is 0 Å². The highest BCUT2D eigenvalue weighted by Gasteiger charge is 2.27. The highest BCUT2D eigenvalue weighted by Crippen LogP contribution is 2.24. The van der Waals surface area contributed by atoms with Crippen LogP contribution >= 0.6 is 0 Å². The summed E-state index contributed by atoms with van der Waals surface area (Å²) in [4.78, 5) is 7.06. The topological polar surface area (TPSA) is 41.6 Å². The molecule has 3 nitrogen and oxygen atoms in total. The summed E-state index contributed by atoms with van der Waals surface area (Å²) in [5.41, 5.74) is 6.18. The molecule has 2 fully saturated rings. The van der Waals surface area contributed by atoms with Crippen LogP contribution in [0, 0.1) is 0 Å². The van der Waals surface area contributed by atoms with Crippen LogP contribution in [0.3, 0.4) is 0 Å². The van der Waals surface area contributed by atoms with Crippen LogP contribution in [-0.4, -0.2) is 29.0 Å². The number of hydrogen-bond acceptors (Lipinski definition) is 1. The van der Waals surface area contributed by atoms with Gasteiger partial charge in [0.25, 0.3) is 0 Å². The molecule has 3 heteroatoms. The Hall–Kier alpha value is -0.730. The fourth-order valence-electron chi connectivity index (χ4n) is 3.16. The maximum atomic E-state index is 6.18. The van der Waals surface area contributed by atoms with Gasteiger partial charge < -0.3 is 10.6 Å². The lowest BCUT2D eigenvalue weighted by molar-refractivity contribution is 0.188. The third-order valence-electron chi connectivity index (χ3n) is 4.10. The summed E-state index contributed by atoms with van der Waals surface area (Å²) < 4.78 is 0. The van der Waals surface area contributed by atoms with E-state index in [1.807, 2.05) is 0 Å². The van der Waals surface area contributed by atoms with Crippen molar-refractivity contribution < 1.29 is 0 Å². The summed E-state index contributed by atoms with van der Waals surface area (Å²) in [7, 11) is 0. The SMILES string of the molecule is C[C@@H]1CCC[C@H](C)N1C(N)=NC1CCCC1. The first-order valence-electron chi connectivity index (χ1n) is 6.80. The predicted molar refractivity (Wildman–Crippen MR) is 68.5 cm³/mol. The molecule has 0 aromatic rings. The van der Waals surface area contributed by atoms with E-state index in [0.717, 1.165) is 5.96 Å². The third kappa shape index (κ3) is 2.50. The van der Waals surface area contributed by atoms with Crippen molar-refractivity contribution in [3.05, 3.63) is 0 Å². The van der Waals surface area contributed by atoms with Crippen molar-refractivity contribution in [3.63, 3.8) is 0 Å². The first kappa shape index (κ1) is 11.7. The van der Waals surface area contributed by atoms with E-state index >= 15 is 0 Å². The summed E-state index contributed by atoms with van der Waals surface area (Å²) in [5, 5.41) is 0. The smallest absolute Gasteiger partial charge is 0.192 e. The molecule has 0 radical (unpaired) electrons. The Kier molecular flexibility index (Phi) is 3.72. The molecule has 92 valence electrons. The molecule has 0 aromatic heterocycles. The number of nitrogens with two attached hydrogens (primary N) is 1. The van der Waals surface area contributed by atoms with Crippen LogP contribution in [0.1, 0.15) is 58.8 Å². The molecule has 0 unspecified atom stereocenters. The number of hydrogen-bond donors (Lipinski definition) is 1. The number of guanidine groups is 1. The first-order valence-corrected chi connectivity index (χ1v) is 6.80. The van der Waals surface area contributed by atoms with Crippen molar-refractivity contribution >= 4 is 5.96 Å². The Morgan fingerprint density at radius 1 is 1.00 bits per heavy atom. The molecule has 1 saturated carbocycles. The molecule has 2 aliphatic rings. The van der Waals surface area contributed by atoms with Gasteiger partial charge in [0, 0.05) is 12.1 Å². The zero-order valence-corrected chi connectivity index (χ0v) is 10.7. The highest BCUT2D eigenvalue weighted by atomic mass is 15.3. The number of nitrogens with zero attached hydrogens (tertiary/aromatic N) is 2. The lowest BCUT2D eigenvalue weighted by atomic mass is 9.98. The zero-order valence-electron chi connectivity index (χ0n) is 10.7. The van der Waals surface area contributed by atoms with Crippen molar-refractivity contribution in [3.8, 4) is 0 Å². The maximum absolute atomic E-state index is 6.18. The highest BCUT2D eigenvalue weighted by molar-refractivity contribution is 5.79. The van der Waals surface area contributed by atoms with Gasteiger partial charge in [-0.05, 0) is 46.0 Å². The largest absolute Gasteiger partial charge is 0.370 e. The zero-order chi connectivity index (χ0) is 11.5. The fourth-order valence-corrected chi connectivity index (χ4v) is 3.16. The summed E-state index contributed by atoms with van der Waals surface area (Å²) in [6.45, 7) is 4.54. The Balaban J connectivity index is 2.02. The molecule has 2 N–H and O–H groups in total. The minimum atomic E-state index is 0.501. The van der Waals surface area contributed by atoms with Gasteiger partial charge in [-0.2, -0.15) is 0 Å². The van der Waals surface area contributed by atoms with Gasteiger partial charge in [-0.1, -0.05) is 12.8 Å². The van der Waals surface area contributed by atoms with Crippen LogP contribution in [0.2, 0.25) is 0 Å². The Bertz CT molecular complexity index is 246. The summed E-state index contributed by atoms with van der Waals surface area (Å²) in [6.07, 6.45) is 8.96. The van der Waals surface area contributed by atoms with Crippen LogP contribution < -0.4 is 5.73 Å². The van der Waals surface area contributed by atoms with Crippen molar-refractivity contribution in [2.45, 2.75) is 76.9 Å². The molecular formula is C13H25N3. The van der Waals surface area contributed by atoms with Crippen LogP contribution in [0.5, 0.6) is 0 Å². The Morgan fingerprint density at radius 2 is 1.56 bits per heavy atom. The second-order valence-electron chi connectivity index (χ2n) is 5.46. The van der Waals surface area contributed by atoms with Crippen LogP contribution in [0.25, 0.3) is 0 Å². The molecule has 0 spiro atoms. The van der Waals surface area contributed by atoms with E-state index in [4.69, 9.17) is 10.7 Å². The van der Waals surface area contributed by atoms with E-state index < -0.39 is 0 Å². The van der Waals surface area contributed by atoms with Crippen molar-refractivity contribution in [1.29, 1.82) is 0 Å². The molecule has 1 aliphatic heterocycles. The van der Waals surface area contributed by atoms with E-state index in [2.05, 4.69) is 18.7 Å². The Labute approximate surface area is 99.1 Å². The molecule has 1 saturated heterocycles. The van der Waals surface area contributed by atoms with Gasteiger partial charge in [-0.15, -0.1) is 0 Å². The van der Waals surface area contributed by atoms with Crippen LogP contribution in [-0.2, 0) is 0 Å². The molecule has 2 rings (SSSR count). The summed E-state index contributed by atoms with van der Waals surface area (Å²) in [6, 6.07) is 1.63. The molecule has 16 heavy (non-hydrogen) atoms. The molecule has 0 bridgehead atoms. The number of aliphatic imine (C=N–C) groups is 1. The Morgan fingerprint density at radius 3 is 2.12 bits per heavy atom. The second-order valence-corrected chi connectivity index (χ2v) is 5.46. The quantitative estimate of drug-likeness (QED) is 0.548. The number of likely N-dealkylation sites (tertiary alicyclic amines) is 1. The monoisotopic (exact) mass is 223 g/mol. The minimum absolute atomic E-state index is 0.501. The van der Waals surface area contributed by atoms with Crippen LogP contribution in [0.4, 0.5) is 0 Å². The number of piperidine rings is 1. The molecular weight excluding hydrogens is 198 g/mol. The first-order chi connectivity index (χ1) is 7.68. The van der Waals surface area contributed by atoms with Crippen molar-refractivity contribution in [2.75, 3.05) is 0 Å². The average Bonchev–Trinajstić information content (AvgIpc) is 2.70. The van der Waals surface area contributed by atoms with E-state index in [-0.39, 0.29) is 0 Å². The summed E-state index contributed by atoms with van der Waals surface area (Å²) in [5.74, 6) is 0.798. The fraction of sp³-hybridized carbons (Fsp3) is 0.923. The standard InChI is InChI=1S/C13H25N3/c1-10-6-5-7-11(2)16(10)13(14)15-12-8-3-4-9-12/h10-12H,3-9H2,1-2H3,(H2,14,15)/t10-,11+. The summed E-state index contributed by atoms with van der Waals surface area (Å²) >= 11 is 0. The number of rotatable bonds is 1. The molecule has 0 amide bonds. The second kappa shape index (κ2) is 5.07. The molecule has 2 atom stereocenters. The van der Waals surface area contributed by atoms with Gasteiger partial charge in [-0.3, -0.25) is 0 Å². The molecule has 1 heterocycles. The van der Waals surface area contributed by atoms with Gasteiger partial charge in [0.15, 0.2) is 5.96 Å². The van der Waals surface area contributed by atoms with Crippen molar-refractivity contribution in [1.82, 2.24) is 4.90 Å². The molecule has 0 aromatic carbocycles. The normalized spacial score (nSPS) is 33.4. The third-order valence-corrected chi connectivity index (χ3v) is 4.10. The molecule has 1 aliphatic carbocycles.